The van der Waals surface area contributed by atoms with Gasteiger partial charge in [-0.2, -0.15) is 10.5 Å². The molecule has 0 heterocycles. The predicted octanol–water partition coefficient (Wildman–Crippen LogP) is 4.26. The van der Waals surface area contributed by atoms with Crippen molar-refractivity contribution in [3.8, 4) is 12.1 Å². The number of benzene rings is 1. The van der Waals surface area contributed by atoms with E-state index in [1.165, 1.54) is 11.8 Å². The Morgan fingerprint density at radius 1 is 1.30 bits per heavy atom. The normalized spacial score (nSPS) is 9.20. The summed E-state index contributed by atoms with van der Waals surface area (Å²) in [5.41, 5.74) is 1.01. The fraction of sp³-hybridized carbons (Fsp3) is 0.143. The summed E-state index contributed by atoms with van der Waals surface area (Å²) in [6.45, 7) is 4.07. The molecule has 0 unspecified atom stereocenters. The highest BCUT2D eigenvalue weighted by atomic mass is 35.5. The van der Waals surface area contributed by atoms with Crippen LogP contribution in [0, 0.1) is 22.7 Å². The molecule has 0 aromatic heterocycles. The SMILES string of the molecule is C=CCNC(SCc1ccc(Cl)c(Cl)c1)=C(C#N)C#N. The molecule has 0 spiro atoms. The summed E-state index contributed by atoms with van der Waals surface area (Å²) in [5.74, 6) is 0.573. The van der Waals surface area contributed by atoms with Gasteiger partial charge in [0.15, 0.2) is 5.57 Å². The molecule has 0 saturated heterocycles. The van der Waals surface area contributed by atoms with Crippen molar-refractivity contribution in [2.24, 2.45) is 0 Å². The lowest BCUT2D eigenvalue weighted by molar-refractivity contribution is 0.963. The van der Waals surface area contributed by atoms with Crippen LogP contribution < -0.4 is 5.32 Å². The Morgan fingerprint density at radius 3 is 2.55 bits per heavy atom. The fourth-order valence-corrected chi connectivity index (χ4v) is 2.52. The lowest BCUT2D eigenvalue weighted by atomic mass is 10.2. The summed E-state index contributed by atoms with van der Waals surface area (Å²) in [6, 6.07) is 9.08. The van der Waals surface area contributed by atoms with Gasteiger partial charge in [0.25, 0.3) is 0 Å². The van der Waals surface area contributed by atoms with Gasteiger partial charge in [0.05, 0.1) is 15.1 Å². The summed E-state index contributed by atoms with van der Waals surface area (Å²) >= 11 is 13.2. The lowest BCUT2D eigenvalue weighted by Crippen LogP contribution is -2.12. The van der Waals surface area contributed by atoms with Crippen molar-refractivity contribution in [3.05, 3.63) is 57.1 Å². The molecule has 0 radical (unpaired) electrons. The zero-order chi connectivity index (χ0) is 15.0. The third-order valence-corrected chi connectivity index (χ3v) is 4.08. The molecule has 0 aliphatic carbocycles. The molecular weight excluding hydrogens is 313 g/mol. The molecule has 0 amide bonds. The largest absolute Gasteiger partial charge is 0.375 e. The molecule has 0 bridgehead atoms. The highest BCUT2D eigenvalue weighted by Gasteiger charge is 2.07. The number of hydrogen-bond donors (Lipinski definition) is 1. The van der Waals surface area contributed by atoms with Crippen LogP contribution in [-0.2, 0) is 5.75 Å². The van der Waals surface area contributed by atoms with Crippen LogP contribution in [0.5, 0.6) is 0 Å². The first-order chi connectivity index (χ1) is 9.62. The molecule has 0 aliphatic rings. The van der Waals surface area contributed by atoms with Crippen LogP contribution in [0.1, 0.15) is 5.56 Å². The lowest BCUT2D eigenvalue weighted by Gasteiger charge is -2.09. The molecular formula is C14H11Cl2N3S. The van der Waals surface area contributed by atoms with E-state index in [-0.39, 0.29) is 5.57 Å². The summed E-state index contributed by atoms with van der Waals surface area (Å²) in [5, 5.41) is 22.3. The molecule has 0 aliphatic heterocycles. The van der Waals surface area contributed by atoms with Gasteiger partial charge in [0.1, 0.15) is 12.1 Å². The number of nitriles is 2. The third kappa shape index (κ3) is 4.83. The topological polar surface area (TPSA) is 59.6 Å². The van der Waals surface area contributed by atoms with Gasteiger partial charge in [0, 0.05) is 12.3 Å². The quantitative estimate of drug-likeness (QED) is 0.627. The molecule has 1 rings (SSSR count). The van der Waals surface area contributed by atoms with Crippen LogP contribution in [0.4, 0.5) is 0 Å². The van der Waals surface area contributed by atoms with Crippen molar-refractivity contribution in [3.63, 3.8) is 0 Å². The Balaban J connectivity index is 2.84. The summed E-state index contributed by atoms with van der Waals surface area (Å²) in [7, 11) is 0. The first-order valence-electron chi connectivity index (χ1n) is 5.58. The first-order valence-corrected chi connectivity index (χ1v) is 7.32. The van der Waals surface area contributed by atoms with Crippen LogP contribution in [0.3, 0.4) is 0 Å². The average Bonchev–Trinajstić information content (AvgIpc) is 2.45. The molecule has 0 saturated carbocycles. The maximum Gasteiger partial charge on any atom is 0.159 e. The molecule has 1 aromatic rings. The molecule has 1 N–H and O–H groups in total. The van der Waals surface area contributed by atoms with Crippen LogP contribution in [0.15, 0.2) is 41.5 Å². The number of thioether (sulfide) groups is 1. The second kappa shape index (κ2) is 8.55. The minimum Gasteiger partial charge on any atom is -0.375 e. The number of nitrogens with zero attached hydrogens (tertiary/aromatic N) is 2. The number of rotatable bonds is 6. The maximum absolute atomic E-state index is 8.93. The number of nitrogens with one attached hydrogen (secondary N) is 1. The summed E-state index contributed by atoms with van der Waals surface area (Å²) < 4.78 is 0. The van der Waals surface area contributed by atoms with Crippen LogP contribution >= 0.6 is 35.0 Å². The van der Waals surface area contributed by atoms with Crippen molar-refractivity contribution >= 4 is 35.0 Å². The number of hydrogen-bond acceptors (Lipinski definition) is 4. The average molecular weight is 324 g/mol. The number of halogens is 2. The van der Waals surface area contributed by atoms with E-state index in [1.54, 1.807) is 18.2 Å². The molecule has 0 atom stereocenters. The van der Waals surface area contributed by atoms with Crippen molar-refractivity contribution < 1.29 is 0 Å². The third-order valence-electron chi connectivity index (χ3n) is 2.22. The smallest absolute Gasteiger partial charge is 0.159 e. The van der Waals surface area contributed by atoms with Gasteiger partial charge in [0.2, 0.25) is 0 Å². The summed E-state index contributed by atoms with van der Waals surface area (Å²) in [6.07, 6.45) is 1.66. The zero-order valence-electron chi connectivity index (χ0n) is 10.5. The van der Waals surface area contributed by atoms with Crippen molar-refractivity contribution in [2.75, 3.05) is 6.54 Å². The highest BCUT2D eigenvalue weighted by molar-refractivity contribution is 8.02. The Hall–Kier alpha value is -1.59. The van der Waals surface area contributed by atoms with Crippen molar-refractivity contribution in [1.29, 1.82) is 10.5 Å². The molecule has 102 valence electrons. The minimum absolute atomic E-state index is 0.0527. The van der Waals surface area contributed by atoms with Gasteiger partial charge in [-0.3, -0.25) is 0 Å². The molecule has 1 aromatic carbocycles. The maximum atomic E-state index is 8.93. The van der Waals surface area contributed by atoms with Gasteiger partial charge < -0.3 is 5.32 Å². The molecule has 20 heavy (non-hydrogen) atoms. The molecule has 6 heteroatoms. The van der Waals surface area contributed by atoms with Gasteiger partial charge in [-0.15, -0.1) is 18.3 Å². The van der Waals surface area contributed by atoms with E-state index < -0.39 is 0 Å². The van der Waals surface area contributed by atoms with Crippen LogP contribution in [-0.4, -0.2) is 6.54 Å². The van der Waals surface area contributed by atoms with Gasteiger partial charge >= 0.3 is 0 Å². The van der Waals surface area contributed by atoms with Gasteiger partial charge in [-0.1, -0.05) is 35.3 Å². The second-order valence-corrected chi connectivity index (χ2v) is 5.43. The Labute approximate surface area is 132 Å². The Morgan fingerprint density at radius 2 is 2.00 bits per heavy atom. The fourth-order valence-electron chi connectivity index (χ4n) is 1.29. The van der Waals surface area contributed by atoms with E-state index in [4.69, 9.17) is 33.7 Å². The number of allylic oxidation sites excluding steroid dienone is 1. The van der Waals surface area contributed by atoms with Gasteiger partial charge in [-0.05, 0) is 17.7 Å². The molecule has 3 nitrogen and oxygen atoms in total. The monoisotopic (exact) mass is 323 g/mol. The van der Waals surface area contributed by atoms with E-state index in [1.807, 2.05) is 18.2 Å². The minimum atomic E-state index is 0.0527. The van der Waals surface area contributed by atoms with E-state index >= 15 is 0 Å². The van der Waals surface area contributed by atoms with E-state index in [9.17, 15) is 0 Å². The van der Waals surface area contributed by atoms with Crippen molar-refractivity contribution in [2.45, 2.75) is 5.75 Å². The van der Waals surface area contributed by atoms with E-state index in [0.29, 0.717) is 27.4 Å². The van der Waals surface area contributed by atoms with Crippen LogP contribution in [0.2, 0.25) is 10.0 Å². The standard InChI is InChI=1S/C14H11Cl2N3S/c1-2-5-19-14(11(7-17)8-18)20-9-10-3-4-12(15)13(16)6-10/h2-4,6,19H,1,5,9H2. The highest BCUT2D eigenvalue weighted by Crippen LogP contribution is 2.27. The Bertz CT molecular complexity index is 596. The second-order valence-electron chi connectivity index (χ2n) is 3.63. The van der Waals surface area contributed by atoms with Gasteiger partial charge in [-0.25, -0.2) is 0 Å². The van der Waals surface area contributed by atoms with Crippen molar-refractivity contribution in [1.82, 2.24) is 5.32 Å². The first kappa shape index (κ1) is 16.5. The Kier molecular flexibility index (Phi) is 7.04. The van der Waals surface area contributed by atoms with E-state index in [0.717, 1.165) is 5.56 Å². The summed E-state index contributed by atoms with van der Waals surface area (Å²) in [4.78, 5) is 0. The zero-order valence-corrected chi connectivity index (χ0v) is 12.8. The van der Waals surface area contributed by atoms with Crippen LogP contribution in [0.25, 0.3) is 0 Å². The van der Waals surface area contributed by atoms with E-state index in [2.05, 4.69) is 11.9 Å². The predicted molar refractivity (Wildman–Crippen MR) is 84.2 cm³/mol. The molecule has 0 fully saturated rings.